The van der Waals surface area contributed by atoms with Crippen LogP contribution in [0.4, 0.5) is 5.69 Å². The Kier molecular flexibility index (Phi) is 8.47. The van der Waals surface area contributed by atoms with E-state index in [0.717, 1.165) is 25.7 Å². The van der Waals surface area contributed by atoms with Crippen molar-refractivity contribution in [2.24, 2.45) is 0 Å². The zero-order valence-electron chi connectivity index (χ0n) is 18.2. The van der Waals surface area contributed by atoms with Crippen LogP contribution in [0.25, 0.3) is 0 Å². The van der Waals surface area contributed by atoms with Crippen molar-refractivity contribution in [3.05, 3.63) is 58.6 Å². The fourth-order valence-electron chi connectivity index (χ4n) is 3.58. The molecule has 2 aromatic carbocycles. The van der Waals surface area contributed by atoms with Crippen molar-refractivity contribution in [2.45, 2.75) is 58.1 Å². The molecule has 0 spiro atoms. The summed E-state index contributed by atoms with van der Waals surface area (Å²) in [5.74, 6) is 0.143. The molecule has 8 heteroatoms. The van der Waals surface area contributed by atoms with Crippen molar-refractivity contribution in [1.29, 1.82) is 0 Å². The van der Waals surface area contributed by atoms with Crippen LogP contribution >= 0.6 is 23.8 Å². The predicted molar refractivity (Wildman–Crippen MR) is 132 cm³/mol. The van der Waals surface area contributed by atoms with Crippen LogP contribution in [0.1, 0.15) is 66.7 Å². The maximum Gasteiger partial charge on any atom is 0.257 e. The zero-order valence-corrected chi connectivity index (χ0v) is 19.8. The summed E-state index contributed by atoms with van der Waals surface area (Å²) in [4.78, 5) is 25.2. The van der Waals surface area contributed by atoms with E-state index in [1.807, 2.05) is 13.8 Å². The van der Waals surface area contributed by atoms with E-state index >= 15 is 0 Å². The second-order valence-corrected chi connectivity index (χ2v) is 8.92. The summed E-state index contributed by atoms with van der Waals surface area (Å²) in [7, 11) is 0. The first kappa shape index (κ1) is 24.0. The molecular weight excluding hydrogens is 446 g/mol. The molecule has 2 amide bonds. The van der Waals surface area contributed by atoms with Crippen molar-refractivity contribution in [3.63, 3.8) is 0 Å². The molecule has 1 aliphatic rings. The standard InChI is InChI=1S/C24H28ClN3O3S/c1-15(2)31-19-11-8-16(9-12-19)22(29)28-24(32)27-18-10-13-21(25)20(14-18)23(30)26-17-6-4-3-5-7-17/h8-15,17H,3-7H2,1-2H3,(H,26,30)(H2,27,28,29,32). The summed E-state index contributed by atoms with van der Waals surface area (Å²) >= 11 is 11.5. The minimum Gasteiger partial charge on any atom is -0.491 e. The number of thiocarbonyl (C=S) groups is 1. The fourth-order valence-corrected chi connectivity index (χ4v) is 4.00. The molecule has 0 atom stereocenters. The predicted octanol–water partition coefficient (Wildman–Crippen LogP) is 5.32. The highest BCUT2D eigenvalue weighted by atomic mass is 35.5. The Bertz CT molecular complexity index is 973. The average molecular weight is 474 g/mol. The van der Waals surface area contributed by atoms with Crippen LogP contribution < -0.4 is 20.7 Å². The third kappa shape index (κ3) is 6.93. The van der Waals surface area contributed by atoms with Gasteiger partial charge in [-0.05, 0) is 81.4 Å². The molecule has 1 saturated carbocycles. The molecule has 1 aliphatic carbocycles. The van der Waals surface area contributed by atoms with Crippen LogP contribution in [0, 0.1) is 0 Å². The molecule has 1 fully saturated rings. The monoisotopic (exact) mass is 473 g/mol. The normalized spacial score (nSPS) is 14.0. The molecule has 0 saturated heterocycles. The van der Waals surface area contributed by atoms with E-state index in [1.54, 1.807) is 42.5 Å². The van der Waals surface area contributed by atoms with Crippen LogP contribution in [0.5, 0.6) is 5.75 Å². The Hall–Kier alpha value is -2.64. The Labute approximate surface area is 199 Å². The van der Waals surface area contributed by atoms with Gasteiger partial charge in [0.2, 0.25) is 0 Å². The molecule has 32 heavy (non-hydrogen) atoms. The molecular formula is C24H28ClN3O3S. The van der Waals surface area contributed by atoms with Gasteiger partial charge in [-0.15, -0.1) is 0 Å². The Morgan fingerprint density at radius 3 is 2.38 bits per heavy atom. The molecule has 2 aromatic rings. The number of rotatable bonds is 6. The summed E-state index contributed by atoms with van der Waals surface area (Å²) in [6.45, 7) is 3.87. The number of halogens is 1. The molecule has 0 aliphatic heterocycles. The van der Waals surface area contributed by atoms with Gasteiger partial charge in [0.15, 0.2) is 5.11 Å². The van der Waals surface area contributed by atoms with E-state index in [4.69, 9.17) is 28.6 Å². The van der Waals surface area contributed by atoms with E-state index in [-0.39, 0.29) is 29.1 Å². The summed E-state index contributed by atoms with van der Waals surface area (Å²) in [6.07, 6.45) is 5.50. The minimum absolute atomic E-state index is 0.0560. The zero-order chi connectivity index (χ0) is 23.1. The molecule has 3 N–H and O–H groups in total. The summed E-state index contributed by atoms with van der Waals surface area (Å²) < 4.78 is 5.58. The fraction of sp³-hybridized carbons (Fsp3) is 0.375. The van der Waals surface area contributed by atoms with E-state index < -0.39 is 0 Å². The summed E-state index contributed by atoms with van der Waals surface area (Å²) in [5, 5.41) is 9.13. The number of ether oxygens (including phenoxy) is 1. The van der Waals surface area contributed by atoms with Gasteiger partial charge in [0.05, 0.1) is 16.7 Å². The molecule has 0 radical (unpaired) electrons. The molecule has 0 bridgehead atoms. The van der Waals surface area contributed by atoms with Gasteiger partial charge in [0.1, 0.15) is 5.75 Å². The maximum absolute atomic E-state index is 12.7. The van der Waals surface area contributed by atoms with Crippen LogP contribution in [-0.4, -0.2) is 29.1 Å². The topological polar surface area (TPSA) is 79.5 Å². The molecule has 3 rings (SSSR count). The lowest BCUT2D eigenvalue weighted by Crippen LogP contribution is -2.36. The minimum atomic E-state index is -0.345. The van der Waals surface area contributed by atoms with Gasteiger partial charge in [0.25, 0.3) is 11.8 Å². The highest BCUT2D eigenvalue weighted by Crippen LogP contribution is 2.23. The smallest absolute Gasteiger partial charge is 0.257 e. The van der Waals surface area contributed by atoms with E-state index in [1.165, 1.54) is 6.42 Å². The van der Waals surface area contributed by atoms with Crippen LogP contribution in [0.2, 0.25) is 5.02 Å². The highest BCUT2D eigenvalue weighted by molar-refractivity contribution is 7.80. The van der Waals surface area contributed by atoms with Crippen molar-refractivity contribution >= 4 is 46.4 Å². The molecule has 0 heterocycles. The third-order valence-corrected chi connectivity index (χ3v) is 5.66. The van der Waals surface area contributed by atoms with Gasteiger partial charge in [0, 0.05) is 17.3 Å². The second kappa shape index (κ2) is 11.3. The number of benzene rings is 2. The van der Waals surface area contributed by atoms with E-state index in [2.05, 4.69) is 16.0 Å². The summed E-state index contributed by atoms with van der Waals surface area (Å²) in [6, 6.07) is 12.0. The number of amides is 2. The van der Waals surface area contributed by atoms with Crippen molar-refractivity contribution in [1.82, 2.24) is 10.6 Å². The largest absolute Gasteiger partial charge is 0.491 e. The Balaban J connectivity index is 1.59. The van der Waals surface area contributed by atoms with Gasteiger partial charge in [-0.2, -0.15) is 0 Å². The van der Waals surface area contributed by atoms with Gasteiger partial charge < -0.3 is 15.4 Å². The first-order valence-corrected chi connectivity index (χ1v) is 11.6. The van der Waals surface area contributed by atoms with Crippen LogP contribution in [0.3, 0.4) is 0 Å². The number of nitrogens with one attached hydrogen (secondary N) is 3. The third-order valence-electron chi connectivity index (χ3n) is 5.12. The number of anilines is 1. The van der Waals surface area contributed by atoms with Crippen LogP contribution in [-0.2, 0) is 0 Å². The highest BCUT2D eigenvalue weighted by Gasteiger charge is 2.19. The first-order valence-electron chi connectivity index (χ1n) is 10.8. The van der Waals surface area contributed by atoms with Gasteiger partial charge in [-0.3, -0.25) is 14.9 Å². The quantitative estimate of drug-likeness (QED) is 0.495. The number of hydrogen-bond donors (Lipinski definition) is 3. The van der Waals surface area contributed by atoms with Gasteiger partial charge >= 0.3 is 0 Å². The van der Waals surface area contributed by atoms with Crippen molar-refractivity contribution < 1.29 is 14.3 Å². The van der Waals surface area contributed by atoms with Gasteiger partial charge in [-0.25, -0.2) is 0 Å². The van der Waals surface area contributed by atoms with Crippen molar-refractivity contribution in [3.8, 4) is 5.75 Å². The lowest BCUT2D eigenvalue weighted by atomic mass is 9.95. The van der Waals surface area contributed by atoms with E-state index in [9.17, 15) is 9.59 Å². The maximum atomic E-state index is 12.7. The molecule has 0 unspecified atom stereocenters. The average Bonchev–Trinajstić information content (AvgIpc) is 2.75. The van der Waals surface area contributed by atoms with Gasteiger partial charge in [-0.1, -0.05) is 30.9 Å². The number of carbonyl (C=O) groups excluding carboxylic acids is 2. The lowest BCUT2D eigenvalue weighted by Gasteiger charge is -2.23. The first-order chi connectivity index (χ1) is 15.3. The number of hydrogen-bond acceptors (Lipinski definition) is 4. The van der Waals surface area contributed by atoms with Crippen LogP contribution in [0.15, 0.2) is 42.5 Å². The molecule has 6 nitrogen and oxygen atoms in total. The van der Waals surface area contributed by atoms with E-state index in [0.29, 0.717) is 27.6 Å². The van der Waals surface area contributed by atoms with Crippen molar-refractivity contribution in [2.75, 3.05) is 5.32 Å². The second-order valence-electron chi connectivity index (χ2n) is 8.10. The summed E-state index contributed by atoms with van der Waals surface area (Å²) in [5.41, 5.74) is 1.39. The molecule has 170 valence electrons. The SMILES string of the molecule is CC(C)Oc1ccc(C(=O)NC(=S)Nc2ccc(Cl)c(C(=O)NC3CCCCC3)c2)cc1. The lowest BCUT2D eigenvalue weighted by molar-refractivity contribution is 0.0926. The Morgan fingerprint density at radius 1 is 1.03 bits per heavy atom. The molecule has 0 aromatic heterocycles. The number of carbonyl (C=O) groups is 2. The Morgan fingerprint density at radius 2 is 1.72 bits per heavy atom.